The zero-order valence-corrected chi connectivity index (χ0v) is 24.2. The van der Waals surface area contributed by atoms with E-state index in [2.05, 4.69) is 94.1 Å². The molecule has 0 radical (unpaired) electrons. The number of nitriles is 1. The number of aromatic nitrogens is 5. The molecule has 0 aliphatic carbocycles. The van der Waals surface area contributed by atoms with Gasteiger partial charge in [-0.2, -0.15) is 5.26 Å². The molecule has 0 fully saturated rings. The lowest BCUT2D eigenvalue weighted by atomic mass is 9.97. The van der Waals surface area contributed by atoms with Gasteiger partial charge in [0.15, 0.2) is 0 Å². The first-order valence-corrected chi connectivity index (χ1v) is 15.3. The molecule has 0 saturated heterocycles. The summed E-state index contributed by atoms with van der Waals surface area (Å²) in [6.45, 7) is 0. The fraction of sp³-hybridized carbons (Fsp3) is 0. The average Bonchev–Trinajstić information content (AvgIpc) is 3.64. The van der Waals surface area contributed by atoms with E-state index in [1.165, 1.54) is 16.2 Å². The van der Waals surface area contributed by atoms with E-state index < -0.39 is 0 Å². The first-order valence-electron chi connectivity index (χ1n) is 15.3. The highest BCUT2D eigenvalue weighted by atomic mass is 15.1. The molecule has 0 spiro atoms. The van der Waals surface area contributed by atoms with Crippen LogP contribution in [0.2, 0.25) is 0 Å². The van der Waals surface area contributed by atoms with E-state index in [1.54, 1.807) is 0 Å². The molecule has 0 aliphatic heterocycles. The van der Waals surface area contributed by atoms with Crippen molar-refractivity contribution < 1.29 is 0 Å². The average molecular weight is 585 g/mol. The third-order valence-corrected chi connectivity index (χ3v) is 9.83. The van der Waals surface area contributed by atoms with Crippen molar-refractivity contribution in [3.05, 3.63) is 127 Å². The van der Waals surface area contributed by atoms with E-state index in [1.807, 2.05) is 42.9 Å². The lowest BCUT2D eigenvalue weighted by Crippen LogP contribution is -2.04. The van der Waals surface area contributed by atoms with Crippen molar-refractivity contribution in [2.24, 2.45) is 0 Å². The van der Waals surface area contributed by atoms with Crippen LogP contribution in [0.15, 0.2) is 122 Å². The van der Waals surface area contributed by atoms with Crippen LogP contribution in [-0.4, -0.2) is 24.1 Å². The van der Waals surface area contributed by atoms with Gasteiger partial charge in [0.25, 0.3) is 0 Å². The maximum Gasteiger partial charge on any atom is 0.147 e. The van der Waals surface area contributed by atoms with Crippen molar-refractivity contribution in [2.45, 2.75) is 0 Å². The summed E-state index contributed by atoms with van der Waals surface area (Å²) in [5.41, 5.74) is 6.79. The van der Waals surface area contributed by atoms with Gasteiger partial charge in [0.05, 0.1) is 27.9 Å². The fourth-order valence-electron chi connectivity index (χ4n) is 8.11. The molecule has 11 rings (SSSR count). The third kappa shape index (κ3) is 2.71. The zero-order chi connectivity index (χ0) is 30.1. The molecule has 46 heavy (non-hydrogen) atoms. The minimum atomic E-state index is 0.557. The molecule has 0 saturated carbocycles. The Morgan fingerprint density at radius 2 is 0.978 bits per heavy atom. The van der Waals surface area contributed by atoms with Crippen molar-refractivity contribution >= 4 is 87.1 Å². The predicted octanol–water partition coefficient (Wildman–Crippen LogP) is 9.43. The van der Waals surface area contributed by atoms with E-state index in [9.17, 15) is 5.26 Å². The molecule has 5 heterocycles. The molecule has 210 valence electrons. The SMILES string of the molecule is N#Cc1c(-n2c3cccc4c5cccnc5c5cccc2c5c43)cccc1-n1c2nccc3c4ccccc4c4ccnc1c4c32. The van der Waals surface area contributed by atoms with Gasteiger partial charge in [0.1, 0.15) is 22.9 Å². The summed E-state index contributed by atoms with van der Waals surface area (Å²) < 4.78 is 4.32. The van der Waals surface area contributed by atoms with Crippen molar-refractivity contribution in [3.8, 4) is 17.4 Å². The lowest BCUT2D eigenvalue weighted by Gasteiger charge is -2.15. The highest BCUT2D eigenvalue weighted by Gasteiger charge is 2.25. The second-order valence-corrected chi connectivity index (χ2v) is 11.9. The van der Waals surface area contributed by atoms with E-state index in [0.717, 1.165) is 82.3 Å². The zero-order valence-electron chi connectivity index (χ0n) is 24.2. The first-order chi connectivity index (χ1) is 22.8. The van der Waals surface area contributed by atoms with Gasteiger partial charge in [-0.15, -0.1) is 0 Å². The number of benzene rings is 6. The van der Waals surface area contributed by atoms with Gasteiger partial charge in [-0.25, -0.2) is 9.97 Å². The van der Waals surface area contributed by atoms with Gasteiger partial charge in [-0.3, -0.25) is 9.55 Å². The minimum Gasteiger partial charge on any atom is -0.308 e. The summed E-state index contributed by atoms with van der Waals surface area (Å²) in [6, 6.07) is 38.3. The van der Waals surface area contributed by atoms with Crippen LogP contribution in [0, 0.1) is 11.3 Å². The molecule has 0 amide bonds. The van der Waals surface area contributed by atoms with E-state index in [4.69, 9.17) is 15.0 Å². The smallest absolute Gasteiger partial charge is 0.147 e. The largest absolute Gasteiger partial charge is 0.308 e. The van der Waals surface area contributed by atoms with Crippen molar-refractivity contribution in [1.29, 1.82) is 5.26 Å². The highest BCUT2D eigenvalue weighted by Crippen LogP contribution is 2.45. The van der Waals surface area contributed by atoms with E-state index in [-0.39, 0.29) is 0 Å². The molecule has 0 N–H and O–H groups in total. The standard InChI is InChI=1S/C40H20N6/c41-21-29-30(45-32-14-3-9-24-27-11-6-18-42-38(27)28-10-4-15-33(45)35(28)34(24)32)12-5-13-31(29)46-39-36-25(16-19-43-39)22-7-1-2-8-23(22)26-17-20-44-40(46)37(26)36/h1-20H. The number of rotatable bonds is 2. The van der Waals surface area contributed by atoms with Gasteiger partial charge in [0, 0.05) is 50.9 Å². The van der Waals surface area contributed by atoms with Crippen LogP contribution in [-0.2, 0) is 0 Å². The van der Waals surface area contributed by atoms with Crippen molar-refractivity contribution in [2.75, 3.05) is 0 Å². The predicted molar refractivity (Wildman–Crippen MR) is 186 cm³/mol. The summed E-state index contributed by atoms with van der Waals surface area (Å²) in [5, 5.41) is 23.5. The molecular weight excluding hydrogens is 564 g/mol. The monoisotopic (exact) mass is 584 g/mol. The maximum absolute atomic E-state index is 11.0. The number of nitrogens with zero attached hydrogens (tertiary/aromatic N) is 6. The molecular formula is C40H20N6. The molecule has 6 heteroatoms. The van der Waals surface area contributed by atoms with Crippen LogP contribution in [0.4, 0.5) is 0 Å². The Bertz CT molecular complexity index is 2730. The second-order valence-electron chi connectivity index (χ2n) is 11.9. The van der Waals surface area contributed by atoms with Gasteiger partial charge < -0.3 is 4.57 Å². The van der Waals surface area contributed by atoms with Gasteiger partial charge in [0.2, 0.25) is 0 Å². The summed E-state index contributed by atoms with van der Waals surface area (Å²) in [5.74, 6) is 0. The van der Waals surface area contributed by atoms with E-state index in [0.29, 0.717) is 5.56 Å². The summed E-state index contributed by atoms with van der Waals surface area (Å²) in [4.78, 5) is 14.7. The van der Waals surface area contributed by atoms with Crippen LogP contribution in [0.1, 0.15) is 5.56 Å². The number of hydrogen-bond acceptors (Lipinski definition) is 4. The Morgan fingerprint density at radius 1 is 0.435 bits per heavy atom. The second kappa shape index (κ2) is 8.32. The van der Waals surface area contributed by atoms with E-state index >= 15 is 0 Å². The number of hydrogen-bond donors (Lipinski definition) is 0. The highest BCUT2D eigenvalue weighted by molar-refractivity contribution is 6.34. The Labute approximate surface area is 260 Å². The summed E-state index contributed by atoms with van der Waals surface area (Å²) in [7, 11) is 0. The van der Waals surface area contributed by atoms with Gasteiger partial charge in [-0.05, 0) is 69.4 Å². The molecule has 0 atom stereocenters. The number of fused-ring (bicyclic) bond motifs is 6. The van der Waals surface area contributed by atoms with Crippen LogP contribution in [0.25, 0.3) is 98.5 Å². The summed E-state index contributed by atoms with van der Waals surface area (Å²) >= 11 is 0. The van der Waals surface area contributed by atoms with Crippen molar-refractivity contribution in [3.63, 3.8) is 0 Å². The normalized spacial score (nSPS) is 12.3. The summed E-state index contributed by atoms with van der Waals surface area (Å²) in [6.07, 6.45) is 5.58. The first kappa shape index (κ1) is 23.8. The molecule has 6 aromatic carbocycles. The minimum absolute atomic E-state index is 0.557. The number of pyridine rings is 3. The molecule has 0 unspecified atom stereocenters. The Balaban J connectivity index is 1.30. The van der Waals surface area contributed by atoms with Gasteiger partial charge >= 0.3 is 0 Å². The molecule has 0 aliphatic rings. The van der Waals surface area contributed by atoms with Crippen molar-refractivity contribution in [1.82, 2.24) is 24.1 Å². The topological polar surface area (TPSA) is 72.3 Å². The maximum atomic E-state index is 11.0. The quantitative estimate of drug-likeness (QED) is 0.190. The van der Waals surface area contributed by atoms with Crippen LogP contribution >= 0.6 is 0 Å². The Morgan fingerprint density at radius 3 is 1.65 bits per heavy atom. The third-order valence-electron chi connectivity index (χ3n) is 9.83. The van der Waals surface area contributed by atoms with Crippen LogP contribution in [0.3, 0.4) is 0 Å². The van der Waals surface area contributed by atoms with Crippen LogP contribution in [0.5, 0.6) is 0 Å². The molecule has 5 aromatic heterocycles. The fourth-order valence-corrected chi connectivity index (χ4v) is 8.11. The Hall–Kier alpha value is -6.58. The Kier molecular flexibility index (Phi) is 4.31. The molecule has 11 aromatic rings. The van der Waals surface area contributed by atoms with Gasteiger partial charge in [-0.1, -0.05) is 60.7 Å². The molecule has 0 bridgehead atoms. The lowest BCUT2D eigenvalue weighted by molar-refractivity contribution is 1.08. The van der Waals surface area contributed by atoms with Crippen LogP contribution < -0.4 is 0 Å². The molecule has 6 nitrogen and oxygen atoms in total.